The molecule has 0 bridgehead atoms. The fraction of sp³-hybridized carbons (Fsp3) is 0.500. The number of hydrogen-bond donors (Lipinski definition) is 1. The molecule has 3 aromatic rings. The second kappa shape index (κ2) is 8.57. The van der Waals surface area contributed by atoms with Crippen LogP contribution in [0.2, 0.25) is 0 Å². The smallest absolute Gasteiger partial charge is 0.330 e. The summed E-state index contributed by atoms with van der Waals surface area (Å²) in [5.41, 5.74) is 0.0510. The number of amides is 1. The number of aromatic nitrogens is 4. The minimum atomic E-state index is -0.411. The van der Waals surface area contributed by atoms with Crippen molar-refractivity contribution in [3.63, 3.8) is 0 Å². The molecule has 1 aliphatic heterocycles. The molecule has 0 unspecified atom stereocenters. The van der Waals surface area contributed by atoms with Gasteiger partial charge in [0.25, 0.3) is 11.5 Å². The van der Waals surface area contributed by atoms with Crippen LogP contribution in [-0.2, 0) is 20.1 Å². The highest BCUT2D eigenvalue weighted by molar-refractivity contribution is 7.12. The number of aromatic amines is 1. The first kappa shape index (κ1) is 20.5. The van der Waals surface area contributed by atoms with E-state index < -0.39 is 11.2 Å². The SMILES string of the molecule is CCCCn1c(=O)[nH]c(=O)c2c1nc(CN1CCN(C(=O)c3cccs3)CC1)n2C. The number of imidazole rings is 1. The van der Waals surface area contributed by atoms with E-state index in [-0.39, 0.29) is 5.91 Å². The largest absolute Gasteiger partial charge is 0.335 e. The highest BCUT2D eigenvalue weighted by Gasteiger charge is 2.24. The number of H-pyrrole nitrogens is 1. The Morgan fingerprint density at radius 3 is 2.67 bits per heavy atom. The van der Waals surface area contributed by atoms with Crippen molar-refractivity contribution >= 4 is 28.4 Å². The second-order valence-electron chi connectivity index (χ2n) is 7.57. The Morgan fingerprint density at radius 2 is 2.00 bits per heavy atom. The number of aryl methyl sites for hydroxylation is 2. The first-order chi connectivity index (χ1) is 14.5. The molecule has 1 fully saturated rings. The number of nitrogens with one attached hydrogen (secondary N) is 1. The number of fused-ring (bicyclic) bond motifs is 1. The number of hydrogen-bond acceptors (Lipinski definition) is 6. The Balaban J connectivity index is 1.51. The Kier molecular flexibility index (Phi) is 5.87. The highest BCUT2D eigenvalue weighted by Crippen LogP contribution is 2.16. The van der Waals surface area contributed by atoms with E-state index in [1.807, 2.05) is 29.5 Å². The average molecular weight is 431 g/mol. The molecule has 0 aliphatic carbocycles. The first-order valence-electron chi connectivity index (χ1n) is 10.2. The van der Waals surface area contributed by atoms with Crippen LogP contribution in [0, 0.1) is 0 Å². The molecule has 10 heteroatoms. The van der Waals surface area contributed by atoms with Gasteiger partial charge in [-0.05, 0) is 17.9 Å². The van der Waals surface area contributed by atoms with Crippen LogP contribution < -0.4 is 11.2 Å². The second-order valence-corrected chi connectivity index (χ2v) is 8.52. The summed E-state index contributed by atoms with van der Waals surface area (Å²) in [7, 11) is 1.81. The van der Waals surface area contributed by atoms with Crippen molar-refractivity contribution in [3.8, 4) is 0 Å². The van der Waals surface area contributed by atoms with Gasteiger partial charge in [-0.3, -0.25) is 24.0 Å². The number of piperazine rings is 1. The third kappa shape index (κ3) is 3.84. The summed E-state index contributed by atoms with van der Waals surface area (Å²) >= 11 is 1.46. The predicted octanol–water partition coefficient (Wildman–Crippen LogP) is 1.24. The molecule has 0 radical (unpaired) electrons. The number of unbranched alkanes of at least 4 members (excludes halogenated alkanes) is 1. The van der Waals surface area contributed by atoms with Crippen LogP contribution in [0.1, 0.15) is 35.3 Å². The molecule has 0 atom stereocenters. The minimum absolute atomic E-state index is 0.0823. The molecule has 0 saturated carbocycles. The summed E-state index contributed by atoms with van der Waals surface area (Å²) in [5, 5.41) is 1.91. The molecule has 0 aromatic carbocycles. The van der Waals surface area contributed by atoms with E-state index in [0.29, 0.717) is 37.3 Å². The maximum atomic E-state index is 12.5. The first-order valence-corrected chi connectivity index (χ1v) is 11.1. The summed E-state index contributed by atoms with van der Waals surface area (Å²) in [4.78, 5) is 49.1. The van der Waals surface area contributed by atoms with Crippen LogP contribution in [0.15, 0.2) is 27.1 Å². The van der Waals surface area contributed by atoms with Gasteiger partial charge in [-0.25, -0.2) is 9.78 Å². The fourth-order valence-corrected chi connectivity index (χ4v) is 4.51. The van der Waals surface area contributed by atoms with Crippen molar-refractivity contribution in [3.05, 3.63) is 49.1 Å². The summed E-state index contributed by atoms with van der Waals surface area (Å²) in [6.07, 6.45) is 1.79. The van der Waals surface area contributed by atoms with E-state index in [2.05, 4.69) is 21.8 Å². The van der Waals surface area contributed by atoms with E-state index >= 15 is 0 Å². The van der Waals surface area contributed by atoms with Crippen LogP contribution in [0.25, 0.3) is 11.2 Å². The molecule has 4 rings (SSSR count). The van der Waals surface area contributed by atoms with Gasteiger partial charge >= 0.3 is 5.69 Å². The molecule has 30 heavy (non-hydrogen) atoms. The Bertz CT molecular complexity index is 1150. The molecule has 1 aliphatic rings. The van der Waals surface area contributed by atoms with E-state index in [1.165, 1.54) is 11.3 Å². The minimum Gasteiger partial charge on any atom is -0.335 e. The maximum Gasteiger partial charge on any atom is 0.330 e. The molecule has 1 N–H and O–H groups in total. The Labute approximate surface area is 177 Å². The lowest BCUT2D eigenvalue weighted by Gasteiger charge is -2.34. The zero-order valence-corrected chi connectivity index (χ0v) is 18.1. The van der Waals surface area contributed by atoms with Gasteiger partial charge in [-0.1, -0.05) is 19.4 Å². The monoisotopic (exact) mass is 430 g/mol. The van der Waals surface area contributed by atoms with Gasteiger partial charge in [0.1, 0.15) is 5.82 Å². The standard InChI is InChI=1S/C20H26N6O3S/c1-3-4-7-26-17-16(18(27)22-20(26)29)23(2)15(21-17)13-24-8-10-25(11-9-24)19(28)14-6-5-12-30-14/h5-6,12H,3-4,7-11,13H2,1-2H3,(H,22,27,29). The summed E-state index contributed by atoms with van der Waals surface area (Å²) < 4.78 is 3.33. The number of rotatable bonds is 6. The third-order valence-corrected chi connectivity index (χ3v) is 6.46. The Hall–Kier alpha value is -2.72. The van der Waals surface area contributed by atoms with Crippen LogP contribution >= 0.6 is 11.3 Å². The molecular formula is C20H26N6O3S. The van der Waals surface area contributed by atoms with E-state index in [1.54, 1.807) is 9.13 Å². The number of thiophene rings is 1. The van der Waals surface area contributed by atoms with Crippen molar-refractivity contribution in [1.29, 1.82) is 0 Å². The van der Waals surface area contributed by atoms with E-state index in [0.717, 1.165) is 36.6 Å². The maximum absolute atomic E-state index is 12.5. The highest BCUT2D eigenvalue weighted by atomic mass is 32.1. The van der Waals surface area contributed by atoms with Gasteiger partial charge in [0.15, 0.2) is 11.2 Å². The predicted molar refractivity (Wildman–Crippen MR) is 116 cm³/mol. The van der Waals surface area contributed by atoms with Gasteiger partial charge in [-0.15, -0.1) is 11.3 Å². The van der Waals surface area contributed by atoms with Gasteiger partial charge in [0, 0.05) is 39.8 Å². The Morgan fingerprint density at radius 1 is 1.23 bits per heavy atom. The van der Waals surface area contributed by atoms with Gasteiger partial charge in [0.05, 0.1) is 11.4 Å². The molecule has 1 saturated heterocycles. The molecular weight excluding hydrogens is 404 g/mol. The topological polar surface area (TPSA) is 96.2 Å². The lowest BCUT2D eigenvalue weighted by molar-refractivity contribution is 0.0629. The van der Waals surface area contributed by atoms with Gasteiger partial charge < -0.3 is 9.47 Å². The van der Waals surface area contributed by atoms with Crippen LogP contribution in [0.3, 0.4) is 0 Å². The molecule has 3 aromatic heterocycles. The van der Waals surface area contributed by atoms with Crippen LogP contribution in [0.5, 0.6) is 0 Å². The normalized spacial score (nSPS) is 15.2. The van der Waals surface area contributed by atoms with Crippen molar-refractivity contribution in [2.24, 2.45) is 7.05 Å². The molecule has 0 spiro atoms. The van der Waals surface area contributed by atoms with Gasteiger partial charge in [-0.2, -0.15) is 0 Å². The number of nitrogens with zero attached hydrogens (tertiary/aromatic N) is 5. The summed E-state index contributed by atoms with van der Waals surface area (Å²) in [5.74, 6) is 0.822. The molecule has 160 valence electrons. The van der Waals surface area contributed by atoms with Gasteiger partial charge in [0.2, 0.25) is 0 Å². The van der Waals surface area contributed by atoms with Crippen molar-refractivity contribution in [1.82, 2.24) is 28.9 Å². The fourth-order valence-electron chi connectivity index (χ4n) is 3.82. The summed E-state index contributed by atoms with van der Waals surface area (Å²) in [6, 6.07) is 3.75. The van der Waals surface area contributed by atoms with Crippen molar-refractivity contribution in [2.45, 2.75) is 32.9 Å². The van der Waals surface area contributed by atoms with Crippen molar-refractivity contribution in [2.75, 3.05) is 26.2 Å². The molecule has 4 heterocycles. The number of carbonyl (C=O) groups excluding carboxylic acids is 1. The van der Waals surface area contributed by atoms with E-state index in [4.69, 9.17) is 0 Å². The zero-order chi connectivity index (χ0) is 21.3. The van der Waals surface area contributed by atoms with Crippen LogP contribution in [-0.4, -0.2) is 61.0 Å². The van der Waals surface area contributed by atoms with E-state index in [9.17, 15) is 14.4 Å². The third-order valence-electron chi connectivity index (χ3n) is 5.60. The summed E-state index contributed by atoms with van der Waals surface area (Å²) in [6.45, 7) is 5.93. The van der Waals surface area contributed by atoms with Crippen LogP contribution in [0.4, 0.5) is 0 Å². The average Bonchev–Trinajstić information content (AvgIpc) is 3.37. The molecule has 9 nitrogen and oxygen atoms in total. The quantitative estimate of drug-likeness (QED) is 0.635. The zero-order valence-electron chi connectivity index (χ0n) is 17.3. The lowest BCUT2D eigenvalue weighted by Crippen LogP contribution is -2.48. The molecule has 1 amide bonds. The number of carbonyl (C=O) groups is 1. The van der Waals surface area contributed by atoms with Crippen molar-refractivity contribution < 1.29 is 4.79 Å². The lowest BCUT2D eigenvalue weighted by atomic mass is 10.3.